The Labute approximate surface area is 216 Å². The Kier molecular flexibility index (Phi) is 6.80. The zero-order chi connectivity index (χ0) is 26.1. The summed E-state index contributed by atoms with van der Waals surface area (Å²) in [6.07, 6.45) is 1.89. The van der Waals surface area contributed by atoms with Gasteiger partial charge in [0, 0.05) is 30.0 Å². The van der Waals surface area contributed by atoms with E-state index in [0.29, 0.717) is 28.6 Å². The standard InChI is InChI=1S/C28H31FN6O2/c1-18-28(37)34(3)24-11-12-25(32-26(24)35(18)23-9-7-20(29)8-10-23)30-22-6-4-5-19(17-22)27(36)31-21-13-15-33(2)16-14-21/h4-12,17-18,21H,13-16H2,1-3H3,(H,30,32)(H,31,36). The minimum absolute atomic E-state index is 0.0809. The molecule has 0 radical (unpaired) electrons. The number of benzene rings is 2. The van der Waals surface area contributed by atoms with Gasteiger partial charge in [-0.05, 0) is 94.5 Å². The molecule has 2 aliphatic heterocycles. The van der Waals surface area contributed by atoms with E-state index in [1.807, 2.05) is 23.1 Å². The zero-order valence-electron chi connectivity index (χ0n) is 21.2. The molecular formula is C28H31FN6O2. The lowest BCUT2D eigenvalue weighted by molar-refractivity contribution is -0.119. The first-order valence-corrected chi connectivity index (χ1v) is 12.5. The number of halogens is 1. The van der Waals surface area contributed by atoms with Crippen molar-refractivity contribution in [3.8, 4) is 0 Å². The summed E-state index contributed by atoms with van der Waals surface area (Å²) in [6, 6.07) is 16.6. The molecule has 0 aliphatic carbocycles. The Morgan fingerprint density at radius 1 is 1.03 bits per heavy atom. The number of nitrogens with one attached hydrogen (secondary N) is 2. The van der Waals surface area contributed by atoms with Crippen LogP contribution in [0.5, 0.6) is 0 Å². The molecule has 1 saturated heterocycles. The van der Waals surface area contributed by atoms with Gasteiger partial charge in [0.05, 0.1) is 5.69 Å². The highest BCUT2D eigenvalue weighted by molar-refractivity contribution is 6.06. The zero-order valence-corrected chi connectivity index (χ0v) is 21.2. The van der Waals surface area contributed by atoms with Crippen molar-refractivity contribution < 1.29 is 14.0 Å². The Morgan fingerprint density at radius 2 is 1.76 bits per heavy atom. The molecule has 5 rings (SSSR count). The largest absolute Gasteiger partial charge is 0.349 e. The van der Waals surface area contributed by atoms with E-state index in [4.69, 9.17) is 4.98 Å². The van der Waals surface area contributed by atoms with Crippen LogP contribution in [0.25, 0.3) is 0 Å². The van der Waals surface area contributed by atoms with Crippen LogP contribution in [0.15, 0.2) is 60.7 Å². The van der Waals surface area contributed by atoms with Gasteiger partial charge in [-0.3, -0.25) is 9.59 Å². The monoisotopic (exact) mass is 502 g/mol. The van der Waals surface area contributed by atoms with E-state index in [0.717, 1.165) is 31.6 Å². The van der Waals surface area contributed by atoms with Gasteiger partial charge in [0.25, 0.3) is 5.91 Å². The highest BCUT2D eigenvalue weighted by Gasteiger charge is 2.35. The second kappa shape index (κ2) is 10.2. The highest BCUT2D eigenvalue weighted by atomic mass is 19.1. The topological polar surface area (TPSA) is 80.8 Å². The van der Waals surface area contributed by atoms with Gasteiger partial charge in [-0.2, -0.15) is 0 Å². The van der Waals surface area contributed by atoms with Crippen LogP contribution in [-0.4, -0.2) is 61.0 Å². The summed E-state index contributed by atoms with van der Waals surface area (Å²) >= 11 is 0. The van der Waals surface area contributed by atoms with Crippen LogP contribution >= 0.6 is 0 Å². The number of aromatic nitrogens is 1. The number of anilines is 5. The van der Waals surface area contributed by atoms with Gasteiger partial charge in [-0.15, -0.1) is 0 Å². The number of likely N-dealkylation sites (tertiary alicyclic amines) is 1. The van der Waals surface area contributed by atoms with Crippen molar-refractivity contribution in [3.63, 3.8) is 0 Å². The smallest absolute Gasteiger partial charge is 0.251 e. The van der Waals surface area contributed by atoms with Gasteiger partial charge in [0.15, 0.2) is 5.82 Å². The molecule has 2 N–H and O–H groups in total. The maximum absolute atomic E-state index is 13.6. The number of carbonyl (C=O) groups excluding carboxylic acids is 2. The average Bonchev–Trinajstić information content (AvgIpc) is 2.90. The Balaban J connectivity index is 1.39. The quantitative estimate of drug-likeness (QED) is 0.542. The number of amides is 2. The summed E-state index contributed by atoms with van der Waals surface area (Å²) < 4.78 is 13.6. The van der Waals surface area contributed by atoms with Crippen molar-refractivity contribution in [2.45, 2.75) is 31.8 Å². The van der Waals surface area contributed by atoms with E-state index in [9.17, 15) is 14.0 Å². The third-order valence-electron chi connectivity index (χ3n) is 7.08. The van der Waals surface area contributed by atoms with Gasteiger partial charge in [-0.25, -0.2) is 9.37 Å². The van der Waals surface area contributed by atoms with Crippen molar-refractivity contribution in [3.05, 3.63) is 72.0 Å². The maximum atomic E-state index is 13.6. The minimum Gasteiger partial charge on any atom is -0.349 e. The third-order valence-corrected chi connectivity index (χ3v) is 7.08. The number of fused-ring (bicyclic) bond motifs is 1. The van der Waals surface area contributed by atoms with E-state index in [1.54, 1.807) is 49.2 Å². The number of carbonyl (C=O) groups is 2. The number of rotatable bonds is 5. The number of piperidine rings is 1. The summed E-state index contributed by atoms with van der Waals surface area (Å²) in [4.78, 5) is 36.3. The molecule has 2 amide bonds. The number of hydrogen-bond donors (Lipinski definition) is 2. The molecule has 0 spiro atoms. The second-order valence-electron chi connectivity index (χ2n) is 9.72. The molecule has 2 aliphatic rings. The lowest BCUT2D eigenvalue weighted by atomic mass is 10.0. The predicted molar refractivity (Wildman–Crippen MR) is 143 cm³/mol. The molecule has 1 unspecified atom stereocenters. The molecule has 8 nitrogen and oxygen atoms in total. The lowest BCUT2D eigenvalue weighted by Crippen LogP contribution is -2.49. The highest BCUT2D eigenvalue weighted by Crippen LogP contribution is 2.40. The molecule has 1 fully saturated rings. The van der Waals surface area contributed by atoms with Crippen LogP contribution in [0.1, 0.15) is 30.1 Å². The molecule has 3 aromatic rings. The van der Waals surface area contributed by atoms with E-state index in [2.05, 4.69) is 22.6 Å². The fourth-order valence-corrected chi connectivity index (χ4v) is 4.90. The first kappa shape index (κ1) is 24.7. The van der Waals surface area contributed by atoms with Crippen LogP contribution in [0.3, 0.4) is 0 Å². The van der Waals surface area contributed by atoms with Crippen LogP contribution in [-0.2, 0) is 4.79 Å². The van der Waals surface area contributed by atoms with Crippen molar-refractivity contribution >= 4 is 40.5 Å². The first-order valence-electron chi connectivity index (χ1n) is 12.5. The SMILES string of the molecule is CC1C(=O)N(C)c2ccc(Nc3cccc(C(=O)NC4CCN(C)CC4)c3)nc2N1c1ccc(F)cc1. The molecule has 9 heteroatoms. The number of likely N-dealkylation sites (N-methyl/N-ethyl adjacent to an activating group) is 1. The molecular weight excluding hydrogens is 471 g/mol. The fourth-order valence-electron chi connectivity index (χ4n) is 4.90. The summed E-state index contributed by atoms with van der Waals surface area (Å²) in [6.45, 7) is 3.76. The van der Waals surface area contributed by atoms with Crippen molar-refractivity contribution in [1.82, 2.24) is 15.2 Å². The van der Waals surface area contributed by atoms with E-state index < -0.39 is 6.04 Å². The second-order valence-corrected chi connectivity index (χ2v) is 9.72. The van der Waals surface area contributed by atoms with Crippen LogP contribution in [0.4, 0.5) is 33.1 Å². The molecule has 1 atom stereocenters. The van der Waals surface area contributed by atoms with Gasteiger partial charge in [0.2, 0.25) is 5.91 Å². The van der Waals surface area contributed by atoms with Gasteiger partial charge in [-0.1, -0.05) is 6.07 Å². The molecule has 3 heterocycles. The van der Waals surface area contributed by atoms with E-state index in [1.165, 1.54) is 12.1 Å². The molecule has 37 heavy (non-hydrogen) atoms. The van der Waals surface area contributed by atoms with Gasteiger partial charge in [0.1, 0.15) is 17.7 Å². The van der Waals surface area contributed by atoms with Crippen molar-refractivity contribution in [2.24, 2.45) is 0 Å². The Bertz CT molecular complexity index is 1310. The number of hydrogen-bond acceptors (Lipinski definition) is 6. The summed E-state index contributed by atoms with van der Waals surface area (Å²) in [7, 11) is 3.82. The summed E-state index contributed by atoms with van der Waals surface area (Å²) in [5, 5.41) is 6.44. The van der Waals surface area contributed by atoms with Crippen LogP contribution in [0.2, 0.25) is 0 Å². The fraction of sp³-hybridized carbons (Fsp3) is 0.321. The van der Waals surface area contributed by atoms with Crippen LogP contribution < -0.4 is 20.4 Å². The molecule has 2 aromatic carbocycles. The van der Waals surface area contributed by atoms with Crippen LogP contribution in [0, 0.1) is 5.82 Å². The minimum atomic E-state index is -0.516. The van der Waals surface area contributed by atoms with Gasteiger partial charge >= 0.3 is 0 Å². The predicted octanol–water partition coefficient (Wildman–Crippen LogP) is 4.29. The summed E-state index contributed by atoms with van der Waals surface area (Å²) in [5.41, 5.74) is 2.64. The molecule has 192 valence electrons. The van der Waals surface area contributed by atoms with Crippen molar-refractivity contribution in [2.75, 3.05) is 42.3 Å². The van der Waals surface area contributed by atoms with E-state index in [-0.39, 0.29) is 23.7 Å². The molecule has 1 aromatic heterocycles. The summed E-state index contributed by atoms with van der Waals surface area (Å²) in [5.74, 6) is 0.631. The Morgan fingerprint density at radius 3 is 2.49 bits per heavy atom. The van der Waals surface area contributed by atoms with E-state index >= 15 is 0 Å². The molecule has 0 bridgehead atoms. The van der Waals surface area contributed by atoms with Gasteiger partial charge < -0.3 is 25.3 Å². The van der Waals surface area contributed by atoms with Crippen molar-refractivity contribution in [1.29, 1.82) is 0 Å². The number of pyridine rings is 1. The maximum Gasteiger partial charge on any atom is 0.251 e. The molecule has 0 saturated carbocycles. The normalized spacial score (nSPS) is 18.5. The first-order chi connectivity index (χ1) is 17.8. The third kappa shape index (κ3) is 5.13. The number of nitrogens with zero attached hydrogens (tertiary/aromatic N) is 4. The Hall–Kier alpha value is -3.98. The average molecular weight is 503 g/mol. The lowest BCUT2D eigenvalue weighted by Gasteiger charge is -2.39.